The molecule has 0 aromatic carbocycles. The minimum absolute atomic E-state index is 0.0122. The molecule has 5 rings (SSSR count). The maximum absolute atomic E-state index is 13.3. The van der Waals surface area contributed by atoms with E-state index in [4.69, 9.17) is 10.2 Å². The Balaban J connectivity index is 1.62. The second-order valence-electron chi connectivity index (χ2n) is 7.93. The van der Waals surface area contributed by atoms with Gasteiger partial charge in [-0.1, -0.05) is 0 Å². The molecule has 1 saturated carbocycles. The fraction of sp³-hybridized carbons (Fsp3) is 0.429. The van der Waals surface area contributed by atoms with Crippen molar-refractivity contribution in [2.24, 2.45) is 5.92 Å². The normalized spacial score (nSPS) is 19.1. The number of hydrogen-bond acceptors (Lipinski definition) is 7. The van der Waals surface area contributed by atoms with Crippen molar-refractivity contribution in [2.45, 2.75) is 44.7 Å². The number of nitrogens with zero attached hydrogens (tertiary/aromatic N) is 8. The van der Waals surface area contributed by atoms with Crippen molar-refractivity contribution in [2.75, 3.05) is 6.61 Å². The second-order valence-corrected chi connectivity index (χ2v) is 7.93. The maximum atomic E-state index is 13.3. The van der Waals surface area contributed by atoms with Crippen LogP contribution in [0, 0.1) is 17.2 Å². The number of rotatable bonds is 5. The molecule has 158 valence electrons. The number of aliphatic hydroxyl groups is 1. The van der Waals surface area contributed by atoms with Crippen LogP contribution >= 0.6 is 0 Å². The summed E-state index contributed by atoms with van der Waals surface area (Å²) < 4.78 is 5.00. The number of aromatic nitrogens is 7. The summed E-state index contributed by atoms with van der Waals surface area (Å²) in [6.07, 6.45) is 12.5. The first-order valence-corrected chi connectivity index (χ1v) is 10.4. The molecule has 4 heterocycles. The van der Waals surface area contributed by atoms with Crippen molar-refractivity contribution in [1.29, 1.82) is 5.26 Å². The maximum Gasteiger partial charge on any atom is 0.330 e. The van der Waals surface area contributed by atoms with Gasteiger partial charge in [-0.05, 0) is 31.6 Å². The topological polar surface area (TPSA) is 127 Å². The van der Waals surface area contributed by atoms with Gasteiger partial charge in [-0.15, -0.1) is 0 Å². The SMILES string of the molecule is N#CC[C@H]1CC[C@H](n2c(=O)n(CCO)c3cnc(-c4cnn5ccncc45)nc32)CC1. The standard InChI is InChI=1S/C21H22N8O2/c22-6-5-14-1-3-15(4-2-14)29-20-18(27(9-10-30)21(29)31)13-24-19(26-20)16-11-25-28-8-7-23-12-17(16)28/h7-8,11-15,30H,1-5,9-10H2/t14-,15-. The van der Waals surface area contributed by atoms with E-state index in [1.807, 2.05) is 0 Å². The van der Waals surface area contributed by atoms with Crippen LogP contribution in [0.4, 0.5) is 0 Å². The molecule has 0 atom stereocenters. The zero-order chi connectivity index (χ0) is 21.4. The third kappa shape index (κ3) is 3.27. The monoisotopic (exact) mass is 418 g/mol. The van der Waals surface area contributed by atoms with Crippen LogP contribution in [0.5, 0.6) is 0 Å². The van der Waals surface area contributed by atoms with Gasteiger partial charge in [0.1, 0.15) is 5.52 Å². The fourth-order valence-electron chi connectivity index (χ4n) is 4.58. The van der Waals surface area contributed by atoms with Gasteiger partial charge in [0.15, 0.2) is 11.5 Å². The van der Waals surface area contributed by atoms with Crippen LogP contribution in [-0.2, 0) is 6.54 Å². The predicted molar refractivity (Wildman–Crippen MR) is 112 cm³/mol. The van der Waals surface area contributed by atoms with E-state index >= 15 is 0 Å². The lowest BCUT2D eigenvalue weighted by Gasteiger charge is -2.27. The zero-order valence-electron chi connectivity index (χ0n) is 16.9. The molecule has 1 aliphatic carbocycles. The van der Waals surface area contributed by atoms with Crippen molar-refractivity contribution >= 4 is 16.7 Å². The molecule has 10 nitrogen and oxygen atoms in total. The van der Waals surface area contributed by atoms with Gasteiger partial charge >= 0.3 is 5.69 Å². The molecule has 1 N–H and O–H groups in total. The Morgan fingerprint density at radius 2 is 2.00 bits per heavy atom. The lowest BCUT2D eigenvalue weighted by atomic mass is 9.84. The molecule has 31 heavy (non-hydrogen) atoms. The zero-order valence-corrected chi connectivity index (χ0v) is 16.9. The Morgan fingerprint density at radius 3 is 2.77 bits per heavy atom. The molecular formula is C21H22N8O2. The van der Waals surface area contributed by atoms with Gasteiger partial charge in [-0.2, -0.15) is 10.4 Å². The molecule has 4 aromatic rings. The van der Waals surface area contributed by atoms with E-state index in [2.05, 4.69) is 21.1 Å². The highest BCUT2D eigenvalue weighted by Crippen LogP contribution is 2.34. The van der Waals surface area contributed by atoms with Crippen molar-refractivity contribution in [1.82, 2.24) is 33.7 Å². The first-order chi connectivity index (χ1) is 15.2. The molecule has 1 aliphatic rings. The molecule has 0 amide bonds. The minimum Gasteiger partial charge on any atom is -0.395 e. The van der Waals surface area contributed by atoms with Gasteiger partial charge in [-0.3, -0.25) is 14.1 Å². The van der Waals surface area contributed by atoms with Crippen LogP contribution in [0.3, 0.4) is 0 Å². The number of aliphatic hydroxyl groups excluding tert-OH is 1. The number of nitriles is 1. The van der Waals surface area contributed by atoms with Gasteiger partial charge in [0.25, 0.3) is 0 Å². The average molecular weight is 418 g/mol. The third-order valence-corrected chi connectivity index (χ3v) is 6.16. The molecule has 4 aromatic heterocycles. The summed E-state index contributed by atoms with van der Waals surface area (Å²) in [5, 5.41) is 22.8. The Kier molecular flexibility index (Phi) is 4.95. The minimum atomic E-state index is -0.180. The van der Waals surface area contributed by atoms with E-state index in [9.17, 15) is 9.90 Å². The van der Waals surface area contributed by atoms with Crippen molar-refractivity contribution in [3.63, 3.8) is 0 Å². The van der Waals surface area contributed by atoms with Crippen molar-refractivity contribution in [3.8, 4) is 17.5 Å². The van der Waals surface area contributed by atoms with E-state index in [1.165, 1.54) is 4.57 Å². The summed E-state index contributed by atoms with van der Waals surface area (Å²) in [5.74, 6) is 0.864. The first kappa shape index (κ1) is 19.4. The lowest BCUT2D eigenvalue weighted by Crippen LogP contribution is -2.30. The highest BCUT2D eigenvalue weighted by Gasteiger charge is 2.27. The average Bonchev–Trinajstić information content (AvgIpc) is 3.34. The van der Waals surface area contributed by atoms with Gasteiger partial charge in [0.05, 0.1) is 48.9 Å². The number of imidazole rings is 1. The summed E-state index contributed by atoms with van der Waals surface area (Å²) in [6.45, 7) is 0.0465. The molecule has 0 saturated heterocycles. The van der Waals surface area contributed by atoms with Crippen LogP contribution in [0.1, 0.15) is 38.1 Å². The molecule has 0 radical (unpaired) electrons. The molecule has 0 unspecified atom stereocenters. The number of hydrogen-bond donors (Lipinski definition) is 1. The summed E-state index contributed by atoms with van der Waals surface area (Å²) in [5.41, 5.74) is 2.51. The van der Waals surface area contributed by atoms with Crippen molar-refractivity contribution < 1.29 is 5.11 Å². The summed E-state index contributed by atoms with van der Waals surface area (Å²) >= 11 is 0. The Morgan fingerprint density at radius 1 is 1.16 bits per heavy atom. The highest BCUT2D eigenvalue weighted by atomic mass is 16.3. The highest BCUT2D eigenvalue weighted by molar-refractivity contribution is 5.79. The molecule has 0 bridgehead atoms. The first-order valence-electron chi connectivity index (χ1n) is 10.4. The second kappa shape index (κ2) is 7.92. The third-order valence-electron chi connectivity index (χ3n) is 6.16. The van der Waals surface area contributed by atoms with Gasteiger partial charge < -0.3 is 5.11 Å². The van der Waals surface area contributed by atoms with Gasteiger partial charge in [0.2, 0.25) is 0 Å². The Hall–Kier alpha value is -3.58. The largest absolute Gasteiger partial charge is 0.395 e. The van der Waals surface area contributed by atoms with Crippen LogP contribution in [-0.4, -0.2) is 45.4 Å². The lowest BCUT2D eigenvalue weighted by molar-refractivity contribution is 0.264. The van der Waals surface area contributed by atoms with E-state index < -0.39 is 0 Å². The number of fused-ring (bicyclic) bond motifs is 2. The molecule has 10 heteroatoms. The summed E-state index contributed by atoms with van der Waals surface area (Å²) in [4.78, 5) is 26.7. The van der Waals surface area contributed by atoms with Crippen molar-refractivity contribution in [3.05, 3.63) is 41.5 Å². The van der Waals surface area contributed by atoms with E-state index in [1.54, 1.807) is 40.1 Å². The van der Waals surface area contributed by atoms with Crippen LogP contribution in [0.25, 0.3) is 28.1 Å². The van der Waals surface area contributed by atoms with Crippen LogP contribution in [0.2, 0.25) is 0 Å². The van der Waals surface area contributed by atoms with E-state index in [0.29, 0.717) is 29.3 Å². The molecule has 0 aliphatic heterocycles. The van der Waals surface area contributed by atoms with Crippen LogP contribution in [0.15, 0.2) is 35.8 Å². The fourth-order valence-corrected chi connectivity index (χ4v) is 4.58. The molecular weight excluding hydrogens is 396 g/mol. The van der Waals surface area contributed by atoms with Gasteiger partial charge in [-0.25, -0.2) is 19.3 Å². The summed E-state index contributed by atoms with van der Waals surface area (Å²) in [7, 11) is 0. The van der Waals surface area contributed by atoms with E-state index in [0.717, 1.165) is 36.8 Å². The van der Waals surface area contributed by atoms with E-state index in [-0.39, 0.29) is 24.9 Å². The predicted octanol–water partition coefficient (Wildman–Crippen LogP) is 1.94. The summed E-state index contributed by atoms with van der Waals surface area (Å²) in [6, 6.07) is 2.27. The quantitative estimate of drug-likeness (QED) is 0.525. The molecule has 1 fully saturated rings. The van der Waals surface area contributed by atoms with Gasteiger partial charge in [0, 0.05) is 24.9 Å². The Labute approximate surface area is 177 Å². The smallest absolute Gasteiger partial charge is 0.330 e. The van der Waals surface area contributed by atoms with Crippen LogP contribution < -0.4 is 5.69 Å². The Bertz CT molecular complexity index is 1340. The molecule has 0 spiro atoms.